The van der Waals surface area contributed by atoms with E-state index in [2.05, 4.69) is 22.0 Å². The molecule has 0 bridgehead atoms. The van der Waals surface area contributed by atoms with Gasteiger partial charge in [0, 0.05) is 25.8 Å². The van der Waals surface area contributed by atoms with E-state index in [1.807, 2.05) is 18.2 Å². The summed E-state index contributed by atoms with van der Waals surface area (Å²) in [5.41, 5.74) is 3.11. The number of hydrogen-bond acceptors (Lipinski definition) is 3. The SMILES string of the molecule is O=C(O)c1cnc2c(c1Cl)CCN(Cc1ccccc1)C2. The number of carboxylic acid groups (broad SMARTS) is 1. The molecule has 1 aromatic carbocycles. The van der Waals surface area contributed by atoms with Crippen molar-refractivity contribution in [1.29, 1.82) is 0 Å². The van der Waals surface area contributed by atoms with Crippen LogP contribution in [0.15, 0.2) is 36.5 Å². The van der Waals surface area contributed by atoms with E-state index in [1.165, 1.54) is 11.8 Å². The molecule has 0 fully saturated rings. The van der Waals surface area contributed by atoms with Crippen LogP contribution in [0, 0.1) is 0 Å². The first-order valence-electron chi connectivity index (χ1n) is 6.81. The van der Waals surface area contributed by atoms with Gasteiger partial charge in [-0.25, -0.2) is 4.79 Å². The molecule has 1 N–H and O–H groups in total. The van der Waals surface area contributed by atoms with Crippen molar-refractivity contribution in [3.05, 3.63) is 63.9 Å². The Labute approximate surface area is 128 Å². The van der Waals surface area contributed by atoms with Gasteiger partial charge in [0.05, 0.1) is 16.3 Å². The van der Waals surface area contributed by atoms with Gasteiger partial charge in [0.1, 0.15) is 0 Å². The number of carboxylic acids is 1. The quantitative estimate of drug-likeness (QED) is 0.947. The third-order valence-electron chi connectivity index (χ3n) is 3.73. The normalized spacial score (nSPS) is 14.7. The molecule has 2 aromatic rings. The summed E-state index contributed by atoms with van der Waals surface area (Å²) in [7, 11) is 0. The Bertz CT molecular complexity index is 673. The summed E-state index contributed by atoms with van der Waals surface area (Å²) < 4.78 is 0. The van der Waals surface area contributed by atoms with E-state index >= 15 is 0 Å². The molecule has 0 amide bonds. The second-order valence-corrected chi connectivity index (χ2v) is 5.54. The maximum Gasteiger partial charge on any atom is 0.338 e. The Kier molecular flexibility index (Phi) is 3.90. The van der Waals surface area contributed by atoms with Crippen LogP contribution in [0.1, 0.15) is 27.2 Å². The number of pyridine rings is 1. The number of rotatable bonds is 3. The lowest BCUT2D eigenvalue weighted by Gasteiger charge is -2.28. The van der Waals surface area contributed by atoms with Gasteiger partial charge in [-0.15, -0.1) is 0 Å². The average molecular weight is 303 g/mol. The molecule has 1 aromatic heterocycles. The second-order valence-electron chi connectivity index (χ2n) is 5.16. The van der Waals surface area contributed by atoms with Gasteiger partial charge in [0.25, 0.3) is 0 Å². The van der Waals surface area contributed by atoms with Crippen molar-refractivity contribution in [3.63, 3.8) is 0 Å². The summed E-state index contributed by atoms with van der Waals surface area (Å²) in [5.74, 6) is -1.03. The Morgan fingerprint density at radius 1 is 1.33 bits per heavy atom. The molecule has 108 valence electrons. The lowest BCUT2D eigenvalue weighted by molar-refractivity contribution is 0.0696. The molecule has 21 heavy (non-hydrogen) atoms. The van der Waals surface area contributed by atoms with Crippen molar-refractivity contribution in [1.82, 2.24) is 9.88 Å². The van der Waals surface area contributed by atoms with Gasteiger partial charge in [0.15, 0.2) is 0 Å². The molecule has 0 saturated heterocycles. The minimum absolute atomic E-state index is 0.0897. The Morgan fingerprint density at radius 2 is 2.10 bits per heavy atom. The Morgan fingerprint density at radius 3 is 2.81 bits per heavy atom. The highest BCUT2D eigenvalue weighted by Gasteiger charge is 2.23. The molecule has 4 nitrogen and oxygen atoms in total. The molecule has 1 aliphatic rings. The highest BCUT2D eigenvalue weighted by Crippen LogP contribution is 2.28. The van der Waals surface area contributed by atoms with E-state index in [9.17, 15) is 4.79 Å². The van der Waals surface area contributed by atoms with E-state index in [0.717, 1.165) is 30.8 Å². The lowest BCUT2D eigenvalue weighted by Crippen LogP contribution is -2.31. The van der Waals surface area contributed by atoms with E-state index in [4.69, 9.17) is 16.7 Å². The predicted octanol–water partition coefficient (Wildman–Crippen LogP) is 2.99. The summed E-state index contributed by atoms with van der Waals surface area (Å²) in [5, 5.41) is 9.42. The molecular formula is C16H15ClN2O2. The van der Waals surface area contributed by atoms with Crippen molar-refractivity contribution in [2.24, 2.45) is 0 Å². The van der Waals surface area contributed by atoms with Crippen LogP contribution >= 0.6 is 11.6 Å². The van der Waals surface area contributed by atoms with Gasteiger partial charge < -0.3 is 5.11 Å². The molecule has 3 rings (SSSR count). The van der Waals surface area contributed by atoms with E-state index in [0.29, 0.717) is 11.6 Å². The number of fused-ring (bicyclic) bond motifs is 1. The lowest BCUT2D eigenvalue weighted by atomic mass is 10.0. The minimum Gasteiger partial charge on any atom is -0.478 e. The van der Waals surface area contributed by atoms with Gasteiger partial charge in [-0.2, -0.15) is 0 Å². The van der Waals surface area contributed by atoms with E-state index in [1.54, 1.807) is 0 Å². The number of nitrogens with zero attached hydrogens (tertiary/aromatic N) is 2. The van der Waals surface area contributed by atoms with Gasteiger partial charge in [-0.05, 0) is 17.5 Å². The average Bonchev–Trinajstić information content (AvgIpc) is 2.48. The first kappa shape index (κ1) is 14.0. The third-order valence-corrected chi connectivity index (χ3v) is 4.16. The third kappa shape index (κ3) is 2.91. The standard InChI is InChI=1S/C16H15ClN2O2/c17-15-12-6-7-19(9-11-4-2-1-3-5-11)10-14(12)18-8-13(15)16(20)21/h1-5,8H,6-7,9-10H2,(H,20,21). The first-order chi connectivity index (χ1) is 10.1. The second kappa shape index (κ2) is 5.84. The number of aromatic nitrogens is 1. The molecule has 0 atom stereocenters. The number of halogens is 1. The molecular weight excluding hydrogens is 288 g/mol. The molecule has 5 heteroatoms. The zero-order valence-corrected chi connectivity index (χ0v) is 12.2. The number of carbonyl (C=O) groups is 1. The number of hydrogen-bond donors (Lipinski definition) is 1. The summed E-state index contributed by atoms with van der Waals surface area (Å²) in [6.45, 7) is 2.41. The van der Waals surface area contributed by atoms with Gasteiger partial charge in [0.2, 0.25) is 0 Å². The smallest absolute Gasteiger partial charge is 0.338 e. The summed E-state index contributed by atoms with van der Waals surface area (Å²) in [6, 6.07) is 10.3. The fourth-order valence-electron chi connectivity index (χ4n) is 2.64. The highest BCUT2D eigenvalue weighted by atomic mass is 35.5. The van der Waals surface area contributed by atoms with E-state index < -0.39 is 5.97 Å². The Hall–Kier alpha value is -1.91. The predicted molar refractivity (Wildman–Crippen MR) is 80.5 cm³/mol. The van der Waals surface area contributed by atoms with Gasteiger partial charge in [-0.1, -0.05) is 41.9 Å². The summed E-state index contributed by atoms with van der Waals surface area (Å²) >= 11 is 6.19. The van der Waals surface area contributed by atoms with Crippen LogP contribution in [0.3, 0.4) is 0 Å². The maximum absolute atomic E-state index is 11.1. The fraction of sp³-hybridized carbons (Fsp3) is 0.250. The number of benzene rings is 1. The minimum atomic E-state index is -1.03. The molecule has 0 unspecified atom stereocenters. The zero-order chi connectivity index (χ0) is 14.8. The van der Waals surface area contributed by atoms with Crippen LogP contribution in [-0.2, 0) is 19.5 Å². The topological polar surface area (TPSA) is 53.4 Å². The van der Waals surface area contributed by atoms with E-state index in [-0.39, 0.29) is 5.56 Å². The molecule has 1 aliphatic heterocycles. The molecule has 0 aliphatic carbocycles. The largest absolute Gasteiger partial charge is 0.478 e. The van der Waals surface area contributed by atoms with Crippen molar-refractivity contribution < 1.29 is 9.90 Å². The van der Waals surface area contributed by atoms with Crippen molar-refractivity contribution in [2.75, 3.05) is 6.54 Å². The first-order valence-corrected chi connectivity index (χ1v) is 7.19. The van der Waals surface area contributed by atoms with Crippen molar-refractivity contribution >= 4 is 17.6 Å². The summed E-state index contributed by atoms with van der Waals surface area (Å²) in [4.78, 5) is 17.7. The van der Waals surface area contributed by atoms with Gasteiger partial charge in [-0.3, -0.25) is 9.88 Å². The van der Waals surface area contributed by atoms with Crippen molar-refractivity contribution in [2.45, 2.75) is 19.5 Å². The fourth-order valence-corrected chi connectivity index (χ4v) is 2.98. The summed E-state index contributed by atoms with van der Waals surface area (Å²) in [6.07, 6.45) is 2.09. The van der Waals surface area contributed by atoms with Crippen LogP contribution in [0.4, 0.5) is 0 Å². The monoisotopic (exact) mass is 302 g/mol. The molecule has 0 saturated carbocycles. The van der Waals surface area contributed by atoms with Crippen LogP contribution in [-0.4, -0.2) is 27.5 Å². The maximum atomic E-state index is 11.1. The van der Waals surface area contributed by atoms with Crippen LogP contribution in [0.2, 0.25) is 5.02 Å². The van der Waals surface area contributed by atoms with Crippen LogP contribution in [0.5, 0.6) is 0 Å². The molecule has 0 radical (unpaired) electrons. The molecule has 0 spiro atoms. The van der Waals surface area contributed by atoms with Crippen molar-refractivity contribution in [3.8, 4) is 0 Å². The highest BCUT2D eigenvalue weighted by molar-refractivity contribution is 6.34. The number of aromatic carboxylic acids is 1. The zero-order valence-electron chi connectivity index (χ0n) is 11.4. The molecule has 2 heterocycles. The van der Waals surface area contributed by atoms with Crippen LogP contribution < -0.4 is 0 Å². The van der Waals surface area contributed by atoms with Gasteiger partial charge >= 0.3 is 5.97 Å². The van der Waals surface area contributed by atoms with Crippen LogP contribution in [0.25, 0.3) is 0 Å². The Balaban J connectivity index is 1.80.